The Kier molecular flexibility index (Phi) is 6.99. The van der Waals surface area contributed by atoms with Gasteiger partial charge in [0.2, 0.25) is 11.8 Å². The van der Waals surface area contributed by atoms with E-state index in [0.29, 0.717) is 19.4 Å². The van der Waals surface area contributed by atoms with Gasteiger partial charge in [-0.3, -0.25) is 9.59 Å². The van der Waals surface area contributed by atoms with E-state index in [9.17, 15) is 24.0 Å². The number of nitrogens with zero attached hydrogens (tertiary/aromatic N) is 1. The molecule has 0 saturated carbocycles. The van der Waals surface area contributed by atoms with Crippen molar-refractivity contribution in [3.63, 3.8) is 0 Å². The van der Waals surface area contributed by atoms with Crippen molar-refractivity contribution in [3.05, 3.63) is 30.1 Å². The van der Waals surface area contributed by atoms with Crippen LogP contribution >= 0.6 is 0 Å². The van der Waals surface area contributed by atoms with Crippen LogP contribution in [0.2, 0.25) is 0 Å². The summed E-state index contributed by atoms with van der Waals surface area (Å²) in [6.07, 6.45) is 1.06. The molecular formula is C17H25BFN3O4. The Morgan fingerprint density at radius 1 is 1.31 bits per heavy atom. The average Bonchev–Trinajstić information content (AvgIpc) is 2.53. The average molecular weight is 365 g/mol. The van der Waals surface area contributed by atoms with Crippen molar-refractivity contribution in [2.45, 2.75) is 38.7 Å². The molecule has 0 bridgehead atoms. The summed E-state index contributed by atoms with van der Waals surface area (Å²) in [5.74, 6) is -1.71. The largest absolute Gasteiger partial charge is 0.475 e. The lowest BCUT2D eigenvalue weighted by atomic mass is 9.75. The molecule has 2 atom stereocenters. The zero-order chi connectivity index (χ0) is 19.3. The van der Waals surface area contributed by atoms with Crippen molar-refractivity contribution < 1.29 is 24.0 Å². The molecule has 1 saturated heterocycles. The van der Waals surface area contributed by atoms with E-state index < -0.39 is 25.0 Å². The molecule has 0 unspecified atom stereocenters. The van der Waals surface area contributed by atoms with Crippen LogP contribution in [0.5, 0.6) is 0 Å². The second kappa shape index (κ2) is 9.00. The first-order valence-electron chi connectivity index (χ1n) is 8.73. The fourth-order valence-corrected chi connectivity index (χ4v) is 2.91. The molecule has 1 aromatic rings. The van der Waals surface area contributed by atoms with Gasteiger partial charge in [-0.25, -0.2) is 4.39 Å². The number of rotatable bonds is 8. The number of carbonyl (C=O) groups excluding carboxylic acids is 2. The first-order valence-corrected chi connectivity index (χ1v) is 8.73. The monoisotopic (exact) mass is 365 g/mol. The lowest BCUT2D eigenvalue weighted by Gasteiger charge is -2.41. The molecule has 1 fully saturated rings. The normalized spacial score (nSPS) is 17.5. The standard InChI is InChI=1S/C17H25BFN3O4/c1-11(2)9-15(18(25)26)21-16(23)10-20-17(24)14-7-8-22(14)13-5-3-12(19)4-6-13/h3-6,11,14-15,25-26H,7-10H2,1-2H3,(H,20,24)(H,21,23)/t14-,15-/m0/s1. The maximum atomic E-state index is 13.0. The minimum atomic E-state index is -1.65. The van der Waals surface area contributed by atoms with Gasteiger partial charge in [0.15, 0.2) is 0 Å². The van der Waals surface area contributed by atoms with Crippen LogP contribution in [0.4, 0.5) is 10.1 Å². The van der Waals surface area contributed by atoms with Crippen LogP contribution in [0.25, 0.3) is 0 Å². The lowest BCUT2D eigenvalue weighted by Crippen LogP contribution is -2.58. The number of amides is 2. The fourth-order valence-electron chi connectivity index (χ4n) is 2.91. The molecule has 0 aromatic heterocycles. The fraction of sp³-hybridized carbons (Fsp3) is 0.529. The van der Waals surface area contributed by atoms with E-state index in [-0.39, 0.29) is 24.2 Å². The topological polar surface area (TPSA) is 102 Å². The molecule has 1 heterocycles. The Morgan fingerprint density at radius 3 is 2.46 bits per heavy atom. The zero-order valence-corrected chi connectivity index (χ0v) is 15.0. The van der Waals surface area contributed by atoms with Gasteiger partial charge in [0.25, 0.3) is 0 Å². The van der Waals surface area contributed by atoms with Gasteiger partial charge in [-0.2, -0.15) is 0 Å². The molecule has 0 aliphatic carbocycles. The number of hydrogen-bond donors (Lipinski definition) is 4. The highest BCUT2D eigenvalue weighted by atomic mass is 19.1. The predicted molar refractivity (Wildman–Crippen MR) is 96.7 cm³/mol. The molecule has 9 heteroatoms. The van der Waals surface area contributed by atoms with Crippen molar-refractivity contribution in [1.29, 1.82) is 0 Å². The number of benzene rings is 1. The van der Waals surface area contributed by atoms with E-state index in [4.69, 9.17) is 0 Å². The summed E-state index contributed by atoms with van der Waals surface area (Å²) in [4.78, 5) is 26.1. The van der Waals surface area contributed by atoms with Gasteiger partial charge >= 0.3 is 7.12 Å². The third-order valence-electron chi connectivity index (χ3n) is 4.34. The number of halogens is 1. The molecule has 2 rings (SSSR count). The van der Waals surface area contributed by atoms with E-state index in [1.54, 1.807) is 12.1 Å². The number of carbonyl (C=O) groups is 2. The number of anilines is 1. The maximum absolute atomic E-state index is 13.0. The van der Waals surface area contributed by atoms with Gasteiger partial charge in [0, 0.05) is 12.2 Å². The molecule has 1 aliphatic heterocycles. The zero-order valence-electron chi connectivity index (χ0n) is 15.0. The van der Waals surface area contributed by atoms with Crippen LogP contribution in [0.3, 0.4) is 0 Å². The van der Waals surface area contributed by atoms with Crippen molar-refractivity contribution >= 4 is 24.6 Å². The van der Waals surface area contributed by atoms with Gasteiger partial charge in [-0.05, 0) is 43.0 Å². The third-order valence-corrected chi connectivity index (χ3v) is 4.34. The Labute approximate surface area is 152 Å². The SMILES string of the molecule is CC(C)C[C@H](NC(=O)CNC(=O)[C@@H]1CCN1c1ccc(F)cc1)B(O)O. The molecule has 2 amide bonds. The van der Waals surface area contributed by atoms with Gasteiger partial charge in [-0.15, -0.1) is 0 Å². The summed E-state index contributed by atoms with van der Waals surface area (Å²) < 4.78 is 13.0. The summed E-state index contributed by atoms with van der Waals surface area (Å²) in [5, 5.41) is 23.7. The van der Waals surface area contributed by atoms with Crippen LogP contribution < -0.4 is 15.5 Å². The van der Waals surface area contributed by atoms with Crippen LogP contribution in [0.1, 0.15) is 26.7 Å². The highest BCUT2D eigenvalue weighted by Gasteiger charge is 2.34. The summed E-state index contributed by atoms with van der Waals surface area (Å²) in [6.45, 7) is 4.25. The van der Waals surface area contributed by atoms with Crippen molar-refractivity contribution in [2.24, 2.45) is 5.92 Å². The van der Waals surface area contributed by atoms with Crippen LogP contribution in [-0.4, -0.2) is 54.1 Å². The van der Waals surface area contributed by atoms with E-state index >= 15 is 0 Å². The Morgan fingerprint density at radius 2 is 1.96 bits per heavy atom. The number of nitrogens with one attached hydrogen (secondary N) is 2. The van der Waals surface area contributed by atoms with Crippen molar-refractivity contribution in [3.8, 4) is 0 Å². The van der Waals surface area contributed by atoms with Gasteiger partial charge in [0.1, 0.15) is 11.9 Å². The second-order valence-corrected chi connectivity index (χ2v) is 6.91. The first kappa shape index (κ1) is 20.2. The Balaban J connectivity index is 1.82. The quantitative estimate of drug-likeness (QED) is 0.488. The van der Waals surface area contributed by atoms with Gasteiger partial charge in [0.05, 0.1) is 12.5 Å². The minimum Gasteiger partial charge on any atom is -0.426 e. The molecule has 1 aromatic carbocycles. The van der Waals surface area contributed by atoms with E-state index in [1.165, 1.54) is 12.1 Å². The van der Waals surface area contributed by atoms with Crippen LogP contribution in [0, 0.1) is 11.7 Å². The molecule has 26 heavy (non-hydrogen) atoms. The van der Waals surface area contributed by atoms with E-state index in [1.807, 2.05) is 18.7 Å². The van der Waals surface area contributed by atoms with Crippen molar-refractivity contribution in [1.82, 2.24) is 10.6 Å². The highest BCUT2D eigenvalue weighted by molar-refractivity contribution is 6.43. The summed E-state index contributed by atoms with van der Waals surface area (Å²) >= 11 is 0. The van der Waals surface area contributed by atoms with Crippen LogP contribution in [0.15, 0.2) is 24.3 Å². The summed E-state index contributed by atoms with van der Waals surface area (Å²) in [7, 11) is -1.65. The molecule has 142 valence electrons. The second-order valence-electron chi connectivity index (χ2n) is 6.91. The lowest BCUT2D eigenvalue weighted by molar-refractivity contribution is -0.127. The Bertz CT molecular complexity index is 627. The Hall–Kier alpha value is -2.13. The van der Waals surface area contributed by atoms with Gasteiger partial charge < -0.3 is 25.6 Å². The molecule has 0 radical (unpaired) electrons. The first-order chi connectivity index (χ1) is 12.3. The molecule has 7 nitrogen and oxygen atoms in total. The maximum Gasteiger partial charge on any atom is 0.475 e. The summed E-state index contributed by atoms with van der Waals surface area (Å²) in [6, 6.07) is 5.50. The van der Waals surface area contributed by atoms with Crippen molar-refractivity contribution in [2.75, 3.05) is 18.0 Å². The molecule has 1 aliphatic rings. The van der Waals surface area contributed by atoms with Gasteiger partial charge in [-0.1, -0.05) is 13.8 Å². The molecule has 0 spiro atoms. The summed E-state index contributed by atoms with van der Waals surface area (Å²) in [5.41, 5.74) is 0.752. The highest BCUT2D eigenvalue weighted by Crippen LogP contribution is 2.26. The molecule has 4 N–H and O–H groups in total. The minimum absolute atomic E-state index is 0.177. The van der Waals surface area contributed by atoms with E-state index in [0.717, 1.165) is 5.69 Å². The molecular weight excluding hydrogens is 340 g/mol. The number of hydrogen-bond acceptors (Lipinski definition) is 5. The van der Waals surface area contributed by atoms with E-state index in [2.05, 4.69) is 10.6 Å². The third kappa shape index (κ3) is 5.44. The predicted octanol–water partition coefficient (Wildman–Crippen LogP) is 0.0635. The smallest absolute Gasteiger partial charge is 0.426 e. The van der Waals surface area contributed by atoms with Crippen LogP contribution in [-0.2, 0) is 9.59 Å².